The molecule has 0 aromatic heterocycles. The molecular weight excluding hydrogens is 377 g/mol. The second-order valence-corrected chi connectivity index (χ2v) is 5.57. The quantitative estimate of drug-likeness (QED) is 0.596. The largest absolute Gasteiger partial charge is 0.479 e. The smallest absolute Gasteiger partial charge is 0.418 e. The number of amides is 1. The van der Waals surface area contributed by atoms with Gasteiger partial charge in [0.1, 0.15) is 5.75 Å². The lowest BCUT2D eigenvalue weighted by Gasteiger charge is -2.18. The van der Waals surface area contributed by atoms with Crippen LogP contribution < -0.4 is 10.1 Å². The number of nitrogens with zero attached hydrogens (tertiary/aromatic N) is 1. The van der Waals surface area contributed by atoms with Crippen molar-refractivity contribution in [2.45, 2.75) is 19.2 Å². The van der Waals surface area contributed by atoms with E-state index in [-0.39, 0.29) is 10.8 Å². The van der Waals surface area contributed by atoms with Crippen LogP contribution in [0, 0.1) is 10.1 Å². The number of halogens is 4. The van der Waals surface area contributed by atoms with Crippen molar-refractivity contribution in [1.29, 1.82) is 0 Å². The molecule has 10 heteroatoms. The molecule has 0 aliphatic carbocycles. The number of nitrogens with one attached hydrogen (secondary N) is 1. The second kappa shape index (κ2) is 7.61. The number of para-hydroxylation sites is 1. The molecule has 26 heavy (non-hydrogen) atoms. The summed E-state index contributed by atoms with van der Waals surface area (Å²) in [5.41, 5.74) is -2.68. The van der Waals surface area contributed by atoms with Gasteiger partial charge in [0, 0.05) is 12.1 Å². The van der Waals surface area contributed by atoms with Gasteiger partial charge >= 0.3 is 6.18 Å². The Morgan fingerprint density at radius 3 is 2.50 bits per heavy atom. The maximum Gasteiger partial charge on any atom is 0.418 e. The van der Waals surface area contributed by atoms with Crippen LogP contribution in [0.1, 0.15) is 12.5 Å². The van der Waals surface area contributed by atoms with Gasteiger partial charge in [0.25, 0.3) is 11.6 Å². The Kier molecular flexibility index (Phi) is 5.71. The lowest BCUT2D eigenvalue weighted by atomic mass is 10.1. The van der Waals surface area contributed by atoms with E-state index in [1.165, 1.54) is 19.1 Å². The standard InChI is InChI=1S/C16H12ClF3N2O4/c1-9(26-14-5-3-2-4-12(14)17)15(23)21-13-7-6-10(22(24)25)8-11(13)16(18,19)20/h2-9H,1H3,(H,21,23)/t9-/m0/s1. The number of rotatable bonds is 5. The Balaban J connectivity index is 2.22. The number of hydrogen-bond donors (Lipinski definition) is 1. The van der Waals surface area contributed by atoms with Gasteiger partial charge in [-0.15, -0.1) is 0 Å². The Hall–Kier alpha value is -2.81. The number of ether oxygens (including phenoxy) is 1. The summed E-state index contributed by atoms with van der Waals surface area (Å²) in [4.78, 5) is 21.9. The van der Waals surface area contributed by atoms with Crippen LogP contribution in [-0.4, -0.2) is 16.9 Å². The maximum atomic E-state index is 13.1. The molecule has 0 aliphatic rings. The average Bonchev–Trinajstić information content (AvgIpc) is 2.56. The normalized spacial score (nSPS) is 12.3. The summed E-state index contributed by atoms with van der Waals surface area (Å²) in [6.45, 7) is 1.33. The molecule has 2 aromatic carbocycles. The van der Waals surface area contributed by atoms with Crippen molar-refractivity contribution < 1.29 is 27.6 Å². The molecule has 1 atom stereocenters. The van der Waals surface area contributed by atoms with Crippen molar-refractivity contribution in [2.75, 3.05) is 5.32 Å². The Morgan fingerprint density at radius 2 is 1.92 bits per heavy atom. The molecule has 138 valence electrons. The molecule has 0 fully saturated rings. The minimum Gasteiger partial charge on any atom is -0.479 e. The van der Waals surface area contributed by atoms with Crippen LogP contribution in [0.4, 0.5) is 24.5 Å². The van der Waals surface area contributed by atoms with Crippen molar-refractivity contribution in [3.8, 4) is 5.75 Å². The third-order valence-electron chi connectivity index (χ3n) is 3.29. The average molecular weight is 389 g/mol. The molecule has 6 nitrogen and oxygen atoms in total. The fourth-order valence-electron chi connectivity index (χ4n) is 2.01. The molecule has 1 N–H and O–H groups in total. The number of nitro groups is 1. The molecule has 0 unspecified atom stereocenters. The van der Waals surface area contributed by atoms with Gasteiger partial charge < -0.3 is 10.1 Å². The van der Waals surface area contributed by atoms with E-state index < -0.39 is 40.0 Å². The number of non-ortho nitro benzene ring substituents is 1. The van der Waals surface area contributed by atoms with Crippen molar-refractivity contribution in [2.24, 2.45) is 0 Å². The number of anilines is 1. The number of hydrogen-bond acceptors (Lipinski definition) is 4. The second-order valence-electron chi connectivity index (χ2n) is 5.16. The van der Waals surface area contributed by atoms with Crippen molar-refractivity contribution in [3.05, 3.63) is 63.2 Å². The minimum absolute atomic E-state index is 0.191. The molecule has 2 rings (SSSR count). The lowest BCUT2D eigenvalue weighted by Crippen LogP contribution is -2.31. The fraction of sp³-hybridized carbons (Fsp3) is 0.188. The van der Waals surface area contributed by atoms with Gasteiger partial charge in [0.05, 0.1) is 21.2 Å². The Labute approximate surface area is 150 Å². The first-order chi connectivity index (χ1) is 12.1. The summed E-state index contributed by atoms with van der Waals surface area (Å²) in [5.74, 6) is -0.680. The summed E-state index contributed by atoms with van der Waals surface area (Å²) in [5, 5.41) is 13.0. The number of carbonyl (C=O) groups is 1. The van der Waals surface area contributed by atoms with E-state index in [1.54, 1.807) is 12.1 Å². The summed E-state index contributed by atoms with van der Waals surface area (Å²) < 4.78 is 44.7. The number of benzene rings is 2. The van der Waals surface area contributed by atoms with Crippen molar-refractivity contribution >= 4 is 28.9 Å². The van der Waals surface area contributed by atoms with Gasteiger partial charge in [-0.1, -0.05) is 23.7 Å². The highest BCUT2D eigenvalue weighted by molar-refractivity contribution is 6.32. The third kappa shape index (κ3) is 4.63. The molecule has 0 saturated carbocycles. The predicted octanol–water partition coefficient (Wildman–Crippen LogP) is 4.67. The summed E-state index contributed by atoms with van der Waals surface area (Å²) in [6, 6.07) is 8.33. The van der Waals surface area contributed by atoms with E-state index >= 15 is 0 Å². The minimum atomic E-state index is -4.89. The van der Waals surface area contributed by atoms with Crippen LogP contribution in [0.25, 0.3) is 0 Å². The number of carbonyl (C=O) groups excluding carboxylic acids is 1. The third-order valence-corrected chi connectivity index (χ3v) is 3.60. The topological polar surface area (TPSA) is 81.5 Å². The van der Waals surface area contributed by atoms with Gasteiger partial charge in [-0.2, -0.15) is 13.2 Å². The predicted molar refractivity (Wildman–Crippen MR) is 88.3 cm³/mol. The van der Waals surface area contributed by atoms with Crippen molar-refractivity contribution in [1.82, 2.24) is 0 Å². The van der Waals surface area contributed by atoms with E-state index in [2.05, 4.69) is 5.32 Å². The number of nitro benzene ring substituents is 1. The fourth-order valence-corrected chi connectivity index (χ4v) is 2.19. The monoisotopic (exact) mass is 388 g/mol. The zero-order valence-corrected chi connectivity index (χ0v) is 14.0. The van der Waals surface area contributed by atoms with E-state index in [1.807, 2.05) is 0 Å². The first kappa shape index (κ1) is 19.5. The maximum absolute atomic E-state index is 13.1. The van der Waals surface area contributed by atoms with Crippen LogP contribution in [-0.2, 0) is 11.0 Å². The molecule has 0 spiro atoms. The van der Waals surface area contributed by atoms with Gasteiger partial charge in [-0.05, 0) is 25.1 Å². The first-order valence-electron chi connectivity index (χ1n) is 7.17. The summed E-state index contributed by atoms with van der Waals surface area (Å²) in [6.07, 6.45) is -6.05. The SMILES string of the molecule is C[C@H](Oc1ccccc1Cl)C(=O)Nc1ccc([N+](=O)[O-])cc1C(F)(F)F. The molecule has 0 radical (unpaired) electrons. The number of alkyl halides is 3. The molecule has 0 bridgehead atoms. The zero-order valence-electron chi connectivity index (χ0n) is 13.2. The van der Waals surface area contributed by atoms with E-state index in [0.29, 0.717) is 6.07 Å². The lowest BCUT2D eigenvalue weighted by molar-refractivity contribution is -0.385. The highest BCUT2D eigenvalue weighted by Gasteiger charge is 2.36. The van der Waals surface area contributed by atoms with E-state index in [9.17, 15) is 28.1 Å². The molecule has 0 heterocycles. The molecule has 1 amide bonds. The highest BCUT2D eigenvalue weighted by Crippen LogP contribution is 2.37. The van der Waals surface area contributed by atoms with Crippen LogP contribution in [0.15, 0.2) is 42.5 Å². The first-order valence-corrected chi connectivity index (χ1v) is 7.55. The summed E-state index contributed by atoms with van der Waals surface area (Å²) in [7, 11) is 0. The van der Waals surface area contributed by atoms with E-state index in [4.69, 9.17) is 16.3 Å². The van der Waals surface area contributed by atoms with E-state index in [0.717, 1.165) is 12.1 Å². The van der Waals surface area contributed by atoms with Crippen LogP contribution in [0.2, 0.25) is 5.02 Å². The molecular formula is C16H12ClF3N2O4. The molecule has 0 saturated heterocycles. The van der Waals surface area contributed by atoms with Crippen LogP contribution in [0.3, 0.4) is 0 Å². The summed E-state index contributed by atoms with van der Waals surface area (Å²) >= 11 is 5.90. The molecule has 0 aliphatic heterocycles. The Morgan fingerprint density at radius 1 is 1.27 bits per heavy atom. The zero-order chi connectivity index (χ0) is 19.5. The van der Waals surface area contributed by atoms with Gasteiger partial charge in [-0.3, -0.25) is 14.9 Å². The van der Waals surface area contributed by atoms with Crippen LogP contribution >= 0.6 is 11.6 Å². The van der Waals surface area contributed by atoms with Crippen LogP contribution in [0.5, 0.6) is 5.75 Å². The van der Waals surface area contributed by atoms with Crippen molar-refractivity contribution in [3.63, 3.8) is 0 Å². The highest BCUT2D eigenvalue weighted by atomic mass is 35.5. The van der Waals surface area contributed by atoms with Gasteiger partial charge in [-0.25, -0.2) is 0 Å². The Bertz CT molecular complexity index is 842. The van der Waals surface area contributed by atoms with Gasteiger partial charge in [0.2, 0.25) is 0 Å². The molecule has 2 aromatic rings. The van der Waals surface area contributed by atoms with Gasteiger partial charge in [0.15, 0.2) is 6.10 Å².